The molecule has 0 aliphatic heterocycles. The monoisotopic (exact) mass is 293 g/mol. The molecule has 1 atom stereocenters. The Hall–Kier alpha value is -1.41. The Kier molecular flexibility index (Phi) is 4.70. The zero-order valence-electron chi connectivity index (χ0n) is 10.4. The molecule has 1 unspecified atom stereocenters. The molecule has 106 valence electrons. The first-order chi connectivity index (χ1) is 8.68. The predicted molar refractivity (Wildman–Crippen MR) is 70.1 cm³/mol. The second-order valence-corrected chi connectivity index (χ2v) is 4.51. The van der Waals surface area contributed by atoms with Crippen molar-refractivity contribution >= 4 is 23.0 Å². The Labute approximate surface area is 114 Å². The van der Waals surface area contributed by atoms with Crippen LogP contribution < -0.4 is 10.6 Å². The molecule has 1 aromatic rings. The van der Waals surface area contributed by atoms with E-state index in [0.29, 0.717) is 0 Å². The highest BCUT2D eigenvalue weighted by Crippen LogP contribution is 2.30. The van der Waals surface area contributed by atoms with Gasteiger partial charge in [-0.3, -0.25) is 0 Å². The molecule has 0 saturated carbocycles. The van der Waals surface area contributed by atoms with E-state index >= 15 is 0 Å². The van der Waals surface area contributed by atoms with Gasteiger partial charge in [0.25, 0.3) is 0 Å². The lowest BCUT2D eigenvalue weighted by molar-refractivity contribution is -0.141. The van der Waals surface area contributed by atoms with Gasteiger partial charge in [0.15, 0.2) is 0 Å². The topological polar surface area (TPSA) is 62.4 Å². The summed E-state index contributed by atoms with van der Waals surface area (Å²) in [6.45, 7) is 1.41. The number of aromatic nitrogens is 1. The highest BCUT2D eigenvalue weighted by Gasteiger charge is 2.33. The number of nitrogens with two attached hydrogens (primary N) is 1. The molecule has 0 aliphatic rings. The van der Waals surface area contributed by atoms with E-state index < -0.39 is 17.9 Å². The van der Waals surface area contributed by atoms with Crippen molar-refractivity contribution in [2.24, 2.45) is 5.73 Å². The van der Waals surface area contributed by atoms with Gasteiger partial charge in [-0.15, -0.1) is 0 Å². The Balaban J connectivity index is 3.35. The molecule has 0 bridgehead atoms. The van der Waals surface area contributed by atoms with Crippen molar-refractivity contribution in [3.8, 4) is 0 Å². The summed E-state index contributed by atoms with van der Waals surface area (Å²) in [4.78, 5) is 4.92. The van der Waals surface area contributed by atoms with Gasteiger partial charge in [0.05, 0.1) is 18.2 Å². The van der Waals surface area contributed by atoms with E-state index in [1.807, 2.05) is 0 Å². The average molecular weight is 293 g/mol. The Morgan fingerprint density at radius 3 is 2.53 bits per heavy atom. The van der Waals surface area contributed by atoms with Crippen molar-refractivity contribution < 1.29 is 18.3 Å². The van der Waals surface area contributed by atoms with Crippen LogP contribution in [0.4, 0.5) is 19.0 Å². The van der Waals surface area contributed by atoms with Crippen LogP contribution in [0.25, 0.3) is 0 Å². The number of alkyl halides is 3. The number of aliphatic hydroxyl groups is 1. The maximum absolute atomic E-state index is 12.7. The van der Waals surface area contributed by atoms with Crippen LogP contribution in [0.2, 0.25) is 0 Å². The van der Waals surface area contributed by atoms with Gasteiger partial charge in [-0.25, -0.2) is 4.98 Å². The minimum absolute atomic E-state index is 0.00359. The summed E-state index contributed by atoms with van der Waals surface area (Å²) in [5.74, 6) is 0.00359. The molecule has 19 heavy (non-hydrogen) atoms. The second kappa shape index (κ2) is 5.70. The van der Waals surface area contributed by atoms with E-state index in [0.717, 1.165) is 6.07 Å². The highest BCUT2D eigenvalue weighted by molar-refractivity contribution is 7.80. The zero-order valence-corrected chi connectivity index (χ0v) is 11.2. The van der Waals surface area contributed by atoms with Gasteiger partial charge in [-0.1, -0.05) is 12.2 Å². The van der Waals surface area contributed by atoms with Gasteiger partial charge < -0.3 is 15.7 Å². The summed E-state index contributed by atoms with van der Waals surface area (Å²) in [7, 11) is 1.52. The number of hydrogen-bond donors (Lipinski definition) is 2. The third-order valence-electron chi connectivity index (χ3n) is 2.69. The van der Waals surface area contributed by atoms with Gasteiger partial charge in [0, 0.05) is 7.05 Å². The van der Waals surface area contributed by atoms with E-state index in [4.69, 9.17) is 23.1 Å². The molecular formula is C11H14F3N3OS. The molecule has 3 N–H and O–H groups in total. The van der Waals surface area contributed by atoms with Crippen molar-refractivity contribution in [1.82, 2.24) is 4.98 Å². The number of nitrogens with zero attached hydrogens (tertiary/aromatic N) is 2. The number of rotatable bonds is 4. The minimum atomic E-state index is -4.55. The fraction of sp³-hybridized carbons (Fsp3) is 0.455. The van der Waals surface area contributed by atoms with Crippen LogP contribution in [-0.4, -0.2) is 34.8 Å². The fourth-order valence-electron chi connectivity index (χ4n) is 1.40. The van der Waals surface area contributed by atoms with Gasteiger partial charge >= 0.3 is 6.18 Å². The normalized spacial score (nSPS) is 13.2. The molecule has 0 aromatic carbocycles. The quantitative estimate of drug-likeness (QED) is 0.825. The molecule has 0 saturated heterocycles. The first-order valence-electron chi connectivity index (χ1n) is 5.40. The van der Waals surface area contributed by atoms with Crippen LogP contribution in [0.5, 0.6) is 0 Å². The molecule has 4 nitrogen and oxygen atoms in total. The largest absolute Gasteiger partial charge is 0.433 e. The van der Waals surface area contributed by atoms with Crippen molar-refractivity contribution in [3.63, 3.8) is 0 Å². The van der Waals surface area contributed by atoms with Gasteiger partial charge in [-0.2, -0.15) is 13.2 Å². The van der Waals surface area contributed by atoms with Crippen molar-refractivity contribution in [2.75, 3.05) is 18.6 Å². The van der Waals surface area contributed by atoms with Crippen LogP contribution in [0, 0.1) is 0 Å². The lowest BCUT2D eigenvalue weighted by Crippen LogP contribution is -2.34. The summed E-state index contributed by atoms with van der Waals surface area (Å²) in [5.41, 5.74) is 4.69. The number of halogens is 3. The number of hydrogen-bond acceptors (Lipinski definition) is 4. The third-order valence-corrected chi connectivity index (χ3v) is 2.91. The maximum atomic E-state index is 12.7. The molecule has 0 fully saturated rings. The lowest BCUT2D eigenvalue weighted by Gasteiger charge is -2.26. The first kappa shape index (κ1) is 15.6. The van der Waals surface area contributed by atoms with Crippen LogP contribution in [0.3, 0.4) is 0 Å². The van der Waals surface area contributed by atoms with Crippen LogP contribution >= 0.6 is 12.2 Å². The predicted octanol–water partition coefficient (Wildman–Crippen LogP) is 1.55. The number of thiocarbonyl (C=S) groups is 1. The Morgan fingerprint density at radius 1 is 1.53 bits per heavy atom. The van der Waals surface area contributed by atoms with E-state index in [-0.39, 0.29) is 23.0 Å². The van der Waals surface area contributed by atoms with E-state index in [2.05, 4.69) is 4.98 Å². The van der Waals surface area contributed by atoms with Crippen LogP contribution in [0.1, 0.15) is 18.2 Å². The van der Waals surface area contributed by atoms with E-state index in [9.17, 15) is 13.2 Å². The van der Waals surface area contributed by atoms with Crippen molar-refractivity contribution in [1.29, 1.82) is 0 Å². The smallest absolute Gasteiger partial charge is 0.394 e. The van der Waals surface area contributed by atoms with Gasteiger partial charge in [-0.05, 0) is 19.1 Å². The van der Waals surface area contributed by atoms with Gasteiger partial charge in [0.1, 0.15) is 16.5 Å². The summed E-state index contributed by atoms with van der Waals surface area (Å²) in [6, 6.07) is 1.60. The summed E-state index contributed by atoms with van der Waals surface area (Å²) in [5, 5.41) is 9.07. The molecule has 0 spiro atoms. The SMILES string of the molecule is CC(CO)N(C)c1nc(C(F)(F)F)ccc1C(N)=S. The fourth-order valence-corrected chi connectivity index (χ4v) is 1.56. The maximum Gasteiger partial charge on any atom is 0.433 e. The number of aliphatic hydroxyl groups excluding tert-OH is 1. The van der Waals surface area contributed by atoms with Gasteiger partial charge in [0.2, 0.25) is 0 Å². The molecular weight excluding hydrogens is 279 g/mol. The van der Waals surface area contributed by atoms with Crippen molar-refractivity contribution in [3.05, 3.63) is 23.4 Å². The molecule has 1 rings (SSSR count). The molecule has 0 aliphatic carbocycles. The Morgan fingerprint density at radius 2 is 2.11 bits per heavy atom. The standard InChI is InChI=1S/C11H14F3N3OS/c1-6(5-18)17(2)10-7(9(15)19)3-4-8(16-10)11(12,13)14/h3-4,6,18H,5H2,1-2H3,(H2,15,19). The molecule has 0 radical (unpaired) electrons. The highest BCUT2D eigenvalue weighted by atomic mass is 32.1. The molecule has 1 aromatic heterocycles. The minimum Gasteiger partial charge on any atom is -0.394 e. The zero-order chi connectivity index (χ0) is 14.8. The molecule has 0 amide bonds. The first-order valence-corrected chi connectivity index (χ1v) is 5.81. The molecule has 1 heterocycles. The third kappa shape index (κ3) is 3.54. The van der Waals surface area contributed by atoms with E-state index in [1.54, 1.807) is 6.92 Å². The average Bonchev–Trinajstić information content (AvgIpc) is 2.34. The molecule has 8 heteroatoms. The van der Waals surface area contributed by atoms with Crippen LogP contribution in [-0.2, 0) is 6.18 Å². The summed E-state index contributed by atoms with van der Waals surface area (Å²) >= 11 is 4.80. The summed E-state index contributed by atoms with van der Waals surface area (Å²) < 4.78 is 38.0. The number of likely N-dealkylation sites (N-methyl/N-ethyl adjacent to an activating group) is 1. The number of anilines is 1. The second-order valence-electron chi connectivity index (χ2n) is 4.07. The van der Waals surface area contributed by atoms with E-state index in [1.165, 1.54) is 18.0 Å². The lowest BCUT2D eigenvalue weighted by atomic mass is 10.2. The Bertz CT molecular complexity index is 479. The summed E-state index contributed by atoms with van der Waals surface area (Å²) in [6.07, 6.45) is -4.55. The van der Waals surface area contributed by atoms with Crippen molar-refractivity contribution in [2.45, 2.75) is 19.1 Å². The number of pyridine rings is 1. The van der Waals surface area contributed by atoms with Crippen LogP contribution in [0.15, 0.2) is 12.1 Å².